The molecule has 7 heteroatoms. The molecular formula is C17H22N4O2S. The molecule has 4 rings (SSSR count). The van der Waals surface area contributed by atoms with Gasteiger partial charge in [-0.25, -0.2) is 9.97 Å². The molecule has 3 heterocycles. The van der Waals surface area contributed by atoms with Crippen LogP contribution in [0.1, 0.15) is 34.0 Å². The van der Waals surface area contributed by atoms with Gasteiger partial charge >= 0.3 is 0 Å². The Morgan fingerprint density at radius 3 is 2.92 bits per heavy atom. The van der Waals surface area contributed by atoms with Gasteiger partial charge in [-0.2, -0.15) is 0 Å². The third kappa shape index (κ3) is 3.52. The molecule has 0 bridgehead atoms. The fraction of sp³-hybridized carbons (Fsp3) is 0.588. The van der Waals surface area contributed by atoms with Crippen molar-refractivity contribution in [3.8, 4) is 0 Å². The summed E-state index contributed by atoms with van der Waals surface area (Å²) < 4.78 is 8.04. The largest absolute Gasteiger partial charge is 0.381 e. The first-order valence-corrected chi connectivity index (χ1v) is 9.35. The zero-order valence-corrected chi connectivity index (χ0v) is 14.7. The Morgan fingerprint density at radius 1 is 1.33 bits per heavy atom. The standard InChI is InChI=1S/C17H22N4O2S/c1-12-19-16(10-24-12)17(22)20-5-14(9-23-8-13-2-3-13)6-21-11-18-4-15(21)7-20/h4,10-11,13-14H,2-3,5-9H2,1H3/t14-/m0/s1. The second kappa shape index (κ2) is 6.64. The van der Waals surface area contributed by atoms with Crippen LogP contribution < -0.4 is 0 Å². The first-order chi connectivity index (χ1) is 11.7. The highest BCUT2D eigenvalue weighted by atomic mass is 32.1. The lowest BCUT2D eigenvalue weighted by Gasteiger charge is -2.23. The number of imidazole rings is 1. The Balaban J connectivity index is 1.48. The maximum atomic E-state index is 12.8. The van der Waals surface area contributed by atoms with E-state index in [1.807, 2.05) is 29.7 Å². The lowest BCUT2D eigenvalue weighted by molar-refractivity contribution is 0.0568. The molecule has 24 heavy (non-hydrogen) atoms. The van der Waals surface area contributed by atoms with E-state index in [1.54, 1.807) is 0 Å². The van der Waals surface area contributed by atoms with Gasteiger partial charge in [0, 0.05) is 37.2 Å². The van der Waals surface area contributed by atoms with Crippen LogP contribution in [0.5, 0.6) is 0 Å². The van der Waals surface area contributed by atoms with Crippen LogP contribution in [0.2, 0.25) is 0 Å². The Labute approximate surface area is 145 Å². The van der Waals surface area contributed by atoms with Crippen LogP contribution >= 0.6 is 11.3 Å². The third-order valence-electron chi connectivity index (χ3n) is 4.61. The fourth-order valence-electron chi connectivity index (χ4n) is 3.12. The van der Waals surface area contributed by atoms with Crippen molar-refractivity contribution in [1.29, 1.82) is 0 Å². The SMILES string of the molecule is Cc1nc(C(=O)N2Cc3cncn3C[C@@H](COCC3CC3)C2)cs1. The number of amides is 1. The number of fused-ring (bicyclic) bond motifs is 1. The molecule has 2 aromatic heterocycles. The maximum Gasteiger partial charge on any atom is 0.273 e. The van der Waals surface area contributed by atoms with Gasteiger partial charge in [-0.15, -0.1) is 11.3 Å². The van der Waals surface area contributed by atoms with E-state index in [0.29, 0.717) is 25.4 Å². The van der Waals surface area contributed by atoms with E-state index in [2.05, 4.69) is 14.5 Å². The number of ether oxygens (including phenoxy) is 1. The molecule has 128 valence electrons. The van der Waals surface area contributed by atoms with Crippen LogP contribution in [0.3, 0.4) is 0 Å². The number of aromatic nitrogens is 3. The first kappa shape index (κ1) is 15.8. The summed E-state index contributed by atoms with van der Waals surface area (Å²) in [4.78, 5) is 23.3. The predicted octanol–water partition coefficient (Wildman–Crippen LogP) is 2.35. The Kier molecular flexibility index (Phi) is 4.37. The number of nitrogens with zero attached hydrogens (tertiary/aromatic N) is 4. The topological polar surface area (TPSA) is 60.2 Å². The van der Waals surface area contributed by atoms with Gasteiger partial charge < -0.3 is 14.2 Å². The summed E-state index contributed by atoms with van der Waals surface area (Å²) in [5.41, 5.74) is 1.61. The molecule has 0 unspecified atom stereocenters. The van der Waals surface area contributed by atoms with Gasteiger partial charge in [0.15, 0.2) is 0 Å². The number of hydrogen-bond donors (Lipinski definition) is 0. The van der Waals surface area contributed by atoms with E-state index in [1.165, 1.54) is 24.2 Å². The molecule has 0 spiro atoms. The van der Waals surface area contributed by atoms with Crippen LogP contribution in [0.15, 0.2) is 17.9 Å². The molecule has 0 radical (unpaired) electrons. The normalized spacial score (nSPS) is 20.7. The predicted molar refractivity (Wildman–Crippen MR) is 90.9 cm³/mol. The van der Waals surface area contributed by atoms with E-state index in [0.717, 1.165) is 29.8 Å². The van der Waals surface area contributed by atoms with Crippen LogP contribution in [0, 0.1) is 18.8 Å². The van der Waals surface area contributed by atoms with Gasteiger partial charge in [0.25, 0.3) is 5.91 Å². The molecule has 1 aliphatic carbocycles. The Hall–Kier alpha value is -1.73. The van der Waals surface area contributed by atoms with E-state index in [-0.39, 0.29) is 11.8 Å². The molecular weight excluding hydrogens is 324 g/mol. The van der Waals surface area contributed by atoms with Gasteiger partial charge in [-0.3, -0.25) is 4.79 Å². The molecule has 1 saturated carbocycles. The van der Waals surface area contributed by atoms with E-state index in [4.69, 9.17) is 4.74 Å². The van der Waals surface area contributed by atoms with Crippen molar-refractivity contribution in [3.63, 3.8) is 0 Å². The summed E-state index contributed by atoms with van der Waals surface area (Å²) in [5, 5.41) is 2.76. The van der Waals surface area contributed by atoms with Crippen molar-refractivity contribution in [3.05, 3.63) is 34.3 Å². The number of aryl methyl sites for hydroxylation is 1. The molecule has 2 aromatic rings. The molecule has 1 atom stereocenters. The van der Waals surface area contributed by atoms with Crippen LogP contribution in [0.25, 0.3) is 0 Å². The van der Waals surface area contributed by atoms with Gasteiger partial charge in [0.1, 0.15) is 5.69 Å². The van der Waals surface area contributed by atoms with Crippen LogP contribution in [-0.2, 0) is 17.8 Å². The number of hydrogen-bond acceptors (Lipinski definition) is 5. The number of carbonyl (C=O) groups is 1. The fourth-order valence-corrected chi connectivity index (χ4v) is 3.71. The highest BCUT2D eigenvalue weighted by molar-refractivity contribution is 7.09. The monoisotopic (exact) mass is 346 g/mol. The van der Waals surface area contributed by atoms with Gasteiger partial charge in [-0.1, -0.05) is 0 Å². The minimum Gasteiger partial charge on any atom is -0.381 e. The Morgan fingerprint density at radius 2 is 2.17 bits per heavy atom. The molecule has 2 aliphatic rings. The minimum absolute atomic E-state index is 0.00110. The summed E-state index contributed by atoms with van der Waals surface area (Å²) in [6.45, 7) is 5.59. The number of rotatable bonds is 5. The third-order valence-corrected chi connectivity index (χ3v) is 5.39. The van der Waals surface area contributed by atoms with Gasteiger partial charge in [0.2, 0.25) is 0 Å². The van der Waals surface area contributed by atoms with Crippen molar-refractivity contribution in [2.45, 2.75) is 32.9 Å². The summed E-state index contributed by atoms with van der Waals surface area (Å²) in [6.07, 6.45) is 6.29. The number of thiazole rings is 1. The minimum atomic E-state index is 0.00110. The number of carbonyl (C=O) groups excluding carboxylic acids is 1. The maximum absolute atomic E-state index is 12.8. The Bertz CT molecular complexity index is 722. The van der Waals surface area contributed by atoms with E-state index >= 15 is 0 Å². The first-order valence-electron chi connectivity index (χ1n) is 8.47. The average Bonchev–Trinajstić information content (AvgIpc) is 3.19. The second-order valence-electron chi connectivity index (χ2n) is 6.82. The van der Waals surface area contributed by atoms with Crippen LogP contribution in [-0.4, -0.2) is 45.1 Å². The average molecular weight is 346 g/mol. The smallest absolute Gasteiger partial charge is 0.273 e. The molecule has 1 aliphatic heterocycles. The summed E-state index contributed by atoms with van der Waals surface area (Å²) in [7, 11) is 0. The molecule has 1 amide bonds. The van der Waals surface area contributed by atoms with Gasteiger partial charge in [0.05, 0.1) is 30.2 Å². The van der Waals surface area contributed by atoms with Crippen molar-refractivity contribution in [2.24, 2.45) is 11.8 Å². The van der Waals surface area contributed by atoms with E-state index in [9.17, 15) is 4.79 Å². The molecule has 0 N–H and O–H groups in total. The summed E-state index contributed by atoms with van der Waals surface area (Å²) >= 11 is 1.51. The lowest BCUT2D eigenvalue weighted by Crippen LogP contribution is -2.35. The highest BCUT2D eigenvalue weighted by Gasteiger charge is 2.28. The zero-order valence-electron chi connectivity index (χ0n) is 13.9. The highest BCUT2D eigenvalue weighted by Crippen LogP contribution is 2.29. The lowest BCUT2D eigenvalue weighted by atomic mass is 10.1. The van der Waals surface area contributed by atoms with Crippen molar-refractivity contribution >= 4 is 17.2 Å². The summed E-state index contributed by atoms with van der Waals surface area (Å²) in [5.74, 6) is 1.04. The second-order valence-corrected chi connectivity index (χ2v) is 7.88. The van der Waals surface area contributed by atoms with E-state index < -0.39 is 0 Å². The van der Waals surface area contributed by atoms with Crippen molar-refractivity contribution < 1.29 is 9.53 Å². The molecule has 0 aromatic carbocycles. The molecule has 1 fully saturated rings. The van der Waals surface area contributed by atoms with Crippen molar-refractivity contribution in [1.82, 2.24) is 19.4 Å². The van der Waals surface area contributed by atoms with Crippen LogP contribution in [0.4, 0.5) is 0 Å². The van der Waals surface area contributed by atoms with Gasteiger partial charge in [-0.05, 0) is 25.7 Å². The zero-order chi connectivity index (χ0) is 16.5. The quantitative estimate of drug-likeness (QED) is 0.834. The molecule has 6 nitrogen and oxygen atoms in total. The molecule has 0 saturated heterocycles. The summed E-state index contributed by atoms with van der Waals surface area (Å²) in [6, 6.07) is 0. The van der Waals surface area contributed by atoms with Crippen molar-refractivity contribution in [2.75, 3.05) is 19.8 Å².